The molecule has 156 valence electrons. The van der Waals surface area contributed by atoms with Gasteiger partial charge in [0.2, 0.25) is 5.95 Å². The highest BCUT2D eigenvalue weighted by Crippen LogP contribution is 2.28. The lowest BCUT2D eigenvalue weighted by atomic mass is 10.0. The average Bonchev–Trinajstić information content (AvgIpc) is 2.79. The number of anilines is 3. The molecule has 0 saturated carbocycles. The molecule has 0 radical (unpaired) electrons. The second-order valence-corrected chi connectivity index (χ2v) is 7.92. The number of hydrogen-bond donors (Lipinski definition) is 1. The number of aromatic nitrogens is 2. The smallest absolute Gasteiger partial charge is 0.215 e. The number of nitrogens with one attached hydrogen (secondary N) is 1. The maximum absolute atomic E-state index is 14.1. The van der Waals surface area contributed by atoms with Crippen molar-refractivity contribution < 1.29 is 9.13 Å². The molecule has 6 nitrogen and oxygen atoms in total. The first-order valence-corrected chi connectivity index (χ1v) is 10.6. The number of halogens is 1. The lowest BCUT2D eigenvalue weighted by Gasteiger charge is -2.35. The van der Waals surface area contributed by atoms with Crippen molar-refractivity contribution in [1.29, 1.82) is 0 Å². The summed E-state index contributed by atoms with van der Waals surface area (Å²) in [7, 11) is 0. The first kappa shape index (κ1) is 19.1. The van der Waals surface area contributed by atoms with E-state index in [9.17, 15) is 4.39 Å². The van der Waals surface area contributed by atoms with Crippen molar-refractivity contribution in [3.63, 3.8) is 0 Å². The van der Waals surface area contributed by atoms with Crippen LogP contribution in [-0.4, -0.2) is 55.4 Å². The molecule has 1 atom stereocenters. The minimum Gasteiger partial charge on any atom is -0.378 e. The quantitative estimate of drug-likeness (QED) is 0.666. The summed E-state index contributed by atoms with van der Waals surface area (Å²) in [5.41, 5.74) is 1.17. The molecule has 0 spiro atoms. The summed E-state index contributed by atoms with van der Waals surface area (Å²) < 4.78 is 19.6. The third kappa shape index (κ3) is 4.03. The van der Waals surface area contributed by atoms with E-state index in [1.54, 1.807) is 0 Å². The molecule has 30 heavy (non-hydrogen) atoms. The number of fused-ring (bicyclic) bond motifs is 1. The molecule has 4 heterocycles. The van der Waals surface area contributed by atoms with E-state index in [0.29, 0.717) is 0 Å². The van der Waals surface area contributed by atoms with Gasteiger partial charge in [0.05, 0.1) is 13.2 Å². The van der Waals surface area contributed by atoms with Gasteiger partial charge in [0.15, 0.2) is 0 Å². The predicted molar refractivity (Wildman–Crippen MR) is 118 cm³/mol. The monoisotopic (exact) mass is 407 g/mol. The van der Waals surface area contributed by atoms with Crippen molar-refractivity contribution in [1.82, 2.24) is 9.97 Å². The van der Waals surface area contributed by atoms with Crippen LogP contribution in [0.4, 0.5) is 21.7 Å². The van der Waals surface area contributed by atoms with Crippen LogP contribution in [0.25, 0.3) is 10.8 Å². The van der Waals surface area contributed by atoms with Crippen molar-refractivity contribution in [2.45, 2.75) is 18.9 Å². The highest BCUT2D eigenvalue weighted by atomic mass is 19.1. The van der Waals surface area contributed by atoms with Gasteiger partial charge in [-0.3, -0.25) is 0 Å². The summed E-state index contributed by atoms with van der Waals surface area (Å²) in [5, 5.41) is 5.47. The van der Waals surface area contributed by atoms with Crippen LogP contribution >= 0.6 is 0 Å². The van der Waals surface area contributed by atoms with Crippen LogP contribution in [-0.2, 0) is 4.74 Å². The summed E-state index contributed by atoms with van der Waals surface area (Å²) in [4.78, 5) is 13.3. The zero-order valence-electron chi connectivity index (χ0n) is 16.9. The number of pyridine rings is 2. The molecular weight excluding hydrogens is 381 g/mol. The Hall–Kier alpha value is -2.93. The van der Waals surface area contributed by atoms with E-state index >= 15 is 0 Å². The van der Waals surface area contributed by atoms with E-state index in [2.05, 4.69) is 31.2 Å². The lowest BCUT2D eigenvalue weighted by molar-refractivity contribution is 0.122. The molecule has 2 aliphatic heterocycles. The van der Waals surface area contributed by atoms with Crippen molar-refractivity contribution in [3.8, 4) is 0 Å². The Bertz CT molecular complexity index is 1020. The Morgan fingerprint density at radius 1 is 1.03 bits per heavy atom. The Balaban J connectivity index is 1.33. The molecule has 2 fully saturated rings. The van der Waals surface area contributed by atoms with Crippen LogP contribution < -0.4 is 15.1 Å². The fraction of sp³-hybridized carbons (Fsp3) is 0.391. The zero-order valence-corrected chi connectivity index (χ0v) is 16.9. The lowest BCUT2D eigenvalue weighted by Crippen LogP contribution is -2.43. The second kappa shape index (κ2) is 8.44. The number of morpholine rings is 1. The molecule has 0 amide bonds. The van der Waals surface area contributed by atoms with Crippen LogP contribution in [0.15, 0.2) is 48.7 Å². The van der Waals surface area contributed by atoms with Crippen molar-refractivity contribution in [2.24, 2.45) is 0 Å². The van der Waals surface area contributed by atoms with E-state index < -0.39 is 5.95 Å². The molecule has 0 aliphatic carbocycles. The summed E-state index contributed by atoms with van der Waals surface area (Å²) in [6.07, 6.45) is 3.93. The Kier molecular flexibility index (Phi) is 5.36. The number of ether oxygens (including phenoxy) is 1. The van der Waals surface area contributed by atoms with Gasteiger partial charge >= 0.3 is 0 Å². The molecule has 2 aliphatic rings. The number of rotatable bonds is 4. The average molecular weight is 407 g/mol. The number of hydrogen-bond acceptors (Lipinski definition) is 6. The van der Waals surface area contributed by atoms with Gasteiger partial charge in [-0.1, -0.05) is 24.3 Å². The van der Waals surface area contributed by atoms with E-state index in [0.717, 1.165) is 74.6 Å². The van der Waals surface area contributed by atoms with Crippen LogP contribution in [0.2, 0.25) is 0 Å². The molecule has 5 rings (SSSR count). The van der Waals surface area contributed by atoms with Crippen molar-refractivity contribution >= 4 is 28.1 Å². The van der Waals surface area contributed by atoms with E-state index in [1.165, 1.54) is 11.8 Å². The standard InChI is InChI=1S/C23H26FN5O/c24-21-14-17-4-1-2-6-20(17)23(27-21)29-9-3-5-18(16-29)26-22-15-19(7-8-25-22)28-10-12-30-13-11-28/h1-2,4,6-8,14-15,18H,3,5,9-13,16H2,(H,25,26)/t18-/m1/s1. The minimum absolute atomic E-state index is 0.231. The largest absolute Gasteiger partial charge is 0.378 e. The number of benzene rings is 1. The van der Waals surface area contributed by atoms with Gasteiger partial charge in [0.25, 0.3) is 0 Å². The summed E-state index contributed by atoms with van der Waals surface area (Å²) in [6, 6.07) is 13.7. The fourth-order valence-corrected chi connectivity index (χ4v) is 4.40. The molecule has 1 N–H and O–H groups in total. The summed E-state index contributed by atoms with van der Waals surface area (Å²) in [6.45, 7) is 4.97. The SMILES string of the molecule is Fc1cc2ccccc2c(N2CCC[C@@H](Nc3cc(N4CCOCC4)ccn3)C2)n1. The van der Waals surface area contributed by atoms with Crippen LogP contribution in [0.1, 0.15) is 12.8 Å². The first-order chi connectivity index (χ1) is 14.8. The second-order valence-electron chi connectivity index (χ2n) is 7.92. The van der Waals surface area contributed by atoms with E-state index in [4.69, 9.17) is 4.74 Å². The molecule has 0 unspecified atom stereocenters. The predicted octanol–water partition coefficient (Wildman–Crippen LogP) is 3.69. The summed E-state index contributed by atoms with van der Waals surface area (Å²) in [5.74, 6) is 1.17. The molecular formula is C23H26FN5O. The number of piperidine rings is 1. The Labute approximate surface area is 175 Å². The minimum atomic E-state index is -0.432. The highest BCUT2D eigenvalue weighted by molar-refractivity contribution is 5.92. The van der Waals surface area contributed by atoms with Gasteiger partial charge in [-0.2, -0.15) is 4.39 Å². The van der Waals surface area contributed by atoms with Gasteiger partial charge in [0, 0.05) is 61.6 Å². The third-order valence-electron chi connectivity index (χ3n) is 5.88. The van der Waals surface area contributed by atoms with E-state index in [1.807, 2.05) is 36.5 Å². The van der Waals surface area contributed by atoms with Crippen LogP contribution in [0.3, 0.4) is 0 Å². The van der Waals surface area contributed by atoms with Gasteiger partial charge < -0.3 is 19.9 Å². The summed E-state index contributed by atoms with van der Waals surface area (Å²) >= 11 is 0. The molecule has 2 saturated heterocycles. The van der Waals surface area contributed by atoms with Crippen molar-refractivity contribution in [3.05, 3.63) is 54.6 Å². The maximum atomic E-state index is 14.1. The van der Waals surface area contributed by atoms with Gasteiger partial charge in [-0.25, -0.2) is 9.97 Å². The molecule has 2 aromatic heterocycles. The van der Waals surface area contributed by atoms with E-state index in [-0.39, 0.29) is 6.04 Å². The van der Waals surface area contributed by atoms with Gasteiger partial charge in [-0.05, 0) is 24.3 Å². The van der Waals surface area contributed by atoms with Crippen molar-refractivity contribution in [2.75, 3.05) is 54.5 Å². The van der Waals surface area contributed by atoms with Crippen LogP contribution in [0, 0.1) is 5.95 Å². The number of nitrogens with zero attached hydrogens (tertiary/aromatic N) is 4. The Morgan fingerprint density at radius 3 is 2.80 bits per heavy atom. The molecule has 7 heteroatoms. The van der Waals surface area contributed by atoms with Crippen LogP contribution in [0.5, 0.6) is 0 Å². The van der Waals surface area contributed by atoms with Gasteiger partial charge in [0.1, 0.15) is 11.6 Å². The third-order valence-corrected chi connectivity index (χ3v) is 5.88. The maximum Gasteiger partial charge on any atom is 0.215 e. The normalized spacial score (nSPS) is 19.8. The molecule has 0 bridgehead atoms. The highest BCUT2D eigenvalue weighted by Gasteiger charge is 2.23. The first-order valence-electron chi connectivity index (χ1n) is 10.6. The van der Waals surface area contributed by atoms with Gasteiger partial charge in [-0.15, -0.1) is 0 Å². The topological polar surface area (TPSA) is 53.5 Å². The Morgan fingerprint density at radius 2 is 1.90 bits per heavy atom. The molecule has 3 aromatic rings. The zero-order chi connectivity index (χ0) is 20.3. The molecule has 1 aromatic carbocycles. The fourth-order valence-electron chi connectivity index (χ4n) is 4.40.